The van der Waals surface area contributed by atoms with Gasteiger partial charge in [0.25, 0.3) is 5.56 Å². The lowest BCUT2D eigenvalue weighted by molar-refractivity contribution is -0.137. The molecule has 0 aliphatic heterocycles. The number of amides is 1. The number of halogens is 4. The molecule has 2 N–H and O–H groups in total. The predicted octanol–water partition coefficient (Wildman–Crippen LogP) is 5.32. The van der Waals surface area contributed by atoms with Crippen LogP contribution in [0.1, 0.15) is 55.0 Å². The van der Waals surface area contributed by atoms with Gasteiger partial charge < -0.3 is 15.0 Å². The van der Waals surface area contributed by atoms with E-state index in [9.17, 15) is 27.9 Å². The molecule has 4 aromatic rings. The van der Waals surface area contributed by atoms with E-state index in [-0.39, 0.29) is 52.4 Å². The molecule has 2 aromatic carbocycles. The standard InChI is InChI=1S/C28H27ClF3N5O3/c1-15(2)23-16(3)36(13-22(39)33-21-9-8-19(12-20(21)29)28(30,31)32)26-34-24(35-37(26)25(23)40)17-4-6-18(7-5-17)27(14-38)10-11-27/h4-9,12,15,38H,10-11,13-14H2,1-3H3,(H,33,39). The third-order valence-electron chi connectivity index (χ3n) is 7.41. The molecule has 0 unspecified atom stereocenters. The summed E-state index contributed by atoms with van der Waals surface area (Å²) < 4.78 is 41.7. The Balaban J connectivity index is 1.51. The first-order chi connectivity index (χ1) is 18.8. The van der Waals surface area contributed by atoms with Crippen molar-refractivity contribution in [2.24, 2.45) is 0 Å². The zero-order chi connectivity index (χ0) is 29.0. The molecular weight excluding hydrogens is 547 g/mol. The summed E-state index contributed by atoms with van der Waals surface area (Å²) in [5, 5.41) is 16.5. The summed E-state index contributed by atoms with van der Waals surface area (Å²) in [6.45, 7) is 5.21. The second-order valence-electron chi connectivity index (χ2n) is 10.4. The number of aromatic nitrogens is 4. The van der Waals surface area contributed by atoms with Crippen molar-refractivity contribution in [3.05, 3.63) is 80.2 Å². The molecule has 2 aromatic heterocycles. The van der Waals surface area contributed by atoms with E-state index < -0.39 is 17.6 Å². The molecule has 12 heteroatoms. The van der Waals surface area contributed by atoms with E-state index in [2.05, 4.69) is 15.4 Å². The number of fused-ring (bicyclic) bond motifs is 1. The molecule has 2 heterocycles. The number of carbonyl (C=O) groups is 1. The van der Waals surface area contributed by atoms with Crippen molar-refractivity contribution >= 4 is 29.0 Å². The number of alkyl halides is 3. The van der Waals surface area contributed by atoms with Gasteiger partial charge in [0, 0.05) is 22.2 Å². The van der Waals surface area contributed by atoms with Gasteiger partial charge in [-0.25, -0.2) is 0 Å². The van der Waals surface area contributed by atoms with Crippen LogP contribution in [-0.4, -0.2) is 36.8 Å². The topological polar surface area (TPSA) is 102 Å². The minimum atomic E-state index is -4.57. The van der Waals surface area contributed by atoms with E-state index in [1.807, 2.05) is 38.1 Å². The first-order valence-electron chi connectivity index (χ1n) is 12.7. The van der Waals surface area contributed by atoms with Crippen molar-refractivity contribution in [3.8, 4) is 11.4 Å². The van der Waals surface area contributed by atoms with Crippen LogP contribution in [0.4, 0.5) is 18.9 Å². The third-order valence-corrected chi connectivity index (χ3v) is 7.72. The van der Waals surface area contributed by atoms with Gasteiger partial charge in [-0.2, -0.15) is 22.7 Å². The molecule has 1 amide bonds. The summed E-state index contributed by atoms with van der Waals surface area (Å²) in [4.78, 5) is 31.0. The van der Waals surface area contributed by atoms with Crippen LogP contribution >= 0.6 is 11.6 Å². The molecule has 0 radical (unpaired) electrons. The Morgan fingerprint density at radius 3 is 2.40 bits per heavy atom. The van der Waals surface area contributed by atoms with Crippen LogP contribution in [0.25, 0.3) is 17.2 Å². The quantitative estimate of drug-likeness (QED) is 0.311. The number of aliphatic hydroxyl groups excluding tert-OH is 1. The Morgan fingerprint density at radius 2 is 1.85 bits per heavy atom. The Morgan fingerprint density at radius 1 is 1.18 bits per heavy atom. The Kier molecular flexibility index (Phi) is 6.99. The second kappa shape index (κ2) is 10.0. The zero-order valence-corrected chi connectivity index (χ0v) is 22.8. The van der Waals surface area contributed by atoms with Gasteiger partial charge in [-0.05, 0) is 49.4 Å². The monoisotopic (exact) mass is 573 g/mol. The minimum absolute atomic E-state index is 0.0250. The number of hydrogen-bond donors (Lipinski definition) is 2. The first kappa shape index (κ1) is 27.9. The summed E-state index contributed by atoms with van der Waals surface area (Å²) in [6.07, 6.45) is -2.72. The van der Waals surface area contributed by atoms with Gasteiger partial charge in [-0.15, -0.1) is 5.10 Å². The van der Waals surface area contributed by atoms with Crippen molar-refractivity contribution in [3.63, 3.8) is 0 Å². The van der Waals surface area contributed by atoms with Crippen LogP contribution in [0, 0.1) is 6.92 Å². The van der Waals surface area contributed by atoms with Crippen molar-refractivity contribution in [2.45, 2.75) is 57.7 Å². The fourth-order valence-corrected chi connectivity index (χ4v) is 5.17. The lowest BCUT2D eigenvalue weighted by atomic mass is 9.96. The van der Waals surface area contributed by atoms with Gasteiger partial charge in [0.1, 0.15) is 6.54 Å². The number of rotatable bonds is 7. The SMILES string of the molecule is Cc1c(C(C)C)c(=O)n2nc(-c3ccc(C4(CO)CC4)cc3)nc2n1CC(=O)Nc1ccc(C(F)(F)F)cc1Cl. The average molecular weight is 574 g/mol. The van der Waals surface area contributed by atoms with Gasteiger partial charge in [0.2, 0.25) is 11.7 Å². The normalized spacial score (nSPS) is 14.6. The highest BCUT2D eigenvalue weighted by Gasteiger charge is 2.43. The molecule has 0 bridgehead atoms. The molecule has 1 saturated carbocycles. The molecule has 0 saturated heterocycles. The lowest BCUT2D eigenvalue weighted by Gasteiger charge is -2.17. The number of nitrogens with one attached hydrogen (secondary N) is 1. The Hall–Kier alpha value is -3.70. The molecule has 8 nitrogen and oxygen atoms in total. The minimum Gasteiger partial charge on any atom is -0.395 e. The summed E-state index contributed by atoms with van der Waals surface area (Å²) >= 11 is 6.02. The van der Waals surface area contributed by atoms with E-state index in [4.69, 9.17) is 11.6 Å². The van der Waals surface area contributed by atoms with Gasteiger partial charge in [-0.3, -0.25) is 9.59 Å². The van der Waals surface area contributed by atoms with E-state index in [1.54, 1.807) is 11.5 Å². The van der Waals surface area contributed by atoms with Crippen LogP contribution in [0.5, 0.6) is 0 Å². The molecule has 0 spiro atoms. The molecule has 0 atom stereocenters. The van der Waals surface area contributed by atoms with Gasteiger partial charge in [-0.1, -0.05) is 49.7 Å². The van der Waals surface area contributed by atoms with E-state index >= 15 is 0 Å². The van der Waals surface area contributed by atoms with Crippen molar-refractivity contribution in [1.29, 1.82) is 0 Å². The maximum Gasteiger partial charge on any atom is 0.416 e. The molecular formula is C28H27ClF3N5O3. The van der Waals surface area contributed by atoms with Crippen LogP contribution in [0.15, 0.2) is 47.3 Å². The van der Waals surface area contributed by atoms with Crippen LogP contribution < -0.4 is 10.9 Å². The van der Waals surface area contributed by atoms with Crippen LogP contribution in [0.3, 0.4) is 0 Å². The zero-order valence-electron chi connectivity index (χ0n) is 22.0. The third kappa shape index (κ3) is 4.99. The van der Waals surface area contributed by atoms with Crippen molar-refractivity contribution < 1.29 is 23.1 Å². The Bertz CT molecular complexity index is 1670. The number of nitrogens with zero attached hydrogens (tertiary/aromatic N) is 4. The number of carbonyl (C=O) groups excluding carboxylic acids is 1. The molecule has 1 fully saturated rings. The maximum atomic E-state index is 13.4. The van der Waals surface area contributed by atoms with Crippen molar-refractivity contribution in [2.75, 3.05) is 11.9 Å². The summed E-state index contributed by atoms with van der Waals surface area (Å²) in [7, 11) is 0. The molecule has 1 aliphatic carbocycles. The van der Waals surface area contributed by atoms with Crippen molar-refractivity contribution in [1.82, 2.24) is 19.2 Å². The van der Waals surface area contributed by atoms with E-state index in [0.29, 0.717) is 16.8 Å². The number of hydrogen-bond acceptors (Lipinski definition) is 5. The summed E-state index contributed by atoms with van der Waals surface area (Å²) in [5.74, 6) is -0.320. The van der Waals surface area contributed by atoms with E-state index in [1.165, 1.54) is 4.52 Å². The fraction of sp³-hybridized carbons (Fsp3) is 0.357. The highest BCUT2D eigenvalue weighted by atomic mass is 35.5. The predicted molar refractivity (Wildman–Crippen MR) is 145 cm³/mol. The van der Waals surface area contributed by atoms with Gasteiger partial charge >= 0.3 is 6.18 Å². The number of benzene rings is 2. The van der Waals surface area contributed by atoms with Gasteiger partial charge in [0.05, 0.1) is 22.9 Å². The van der Waals surface area contributed by atoms with Crippen LogP contribution in [0.2, 0.25) is 5.02 Å². The largest absolute Gasteiger partial charge is 0.416 e. The average Bonchev–Trinajstić information content (AvgIpc) is 3.57. The van der Waals surface area contributed by atoms with Crippen LogP contribution in [-0.2, 0) is 22.9 Å². The summed E-state index contributed by atoms with van der Waals surface area (Å²) in [6, 6.07) is 10.2. The lowest BCUT2D eigenvalue weighted by Crippen LogP contribution is -2.30. The highest BCUT2D eigenvalue weighted by molar-refractivity contribution is 6.33. The van der Waals surface area contributed by atoms with E-state index in [0.717, 1.165) is 36.6 Å². The smallest absolute Gasteiger partial charge is 0.395 e. The number of anilines is 1. The molecule has 210 valence electrons. The molecule has 1 aliphatic rings. The summed E-state index contributed by atoms with van der Waals surface area (Å²) in [5.41, 5.74) is 1.23. The number of aliphatic hydroxyl groups is 1. The molecule has 40 heavy (non-hydrogen) atoms. The second-order valence-corrected chi connectivity index (χ2v) is 10.9. The first-order valence-corrected chi connectivity index (χ1v) is 13.1. The van der Waals surface area contributed by atoms with Gasteiger partial charge in [0.15, 0.2) is 5.82 Å². The molecule has 5 rings (SSSR count). The highest BCUT2D eigenvalue weighted by Crippen LogP contribution is 2.47. The maximum absolute atomic E-state index is 13.4. The Labute approximate surface area is 232 Å². The fourth-order valence-electron chi connectivity index (χ4n) is 4.94.